The van der Waals surface area contributed by atoms with Crippen LogP contribution in [0.25, 0.3) is 0 Å². The average molecular weight is 344 g/mol. The molecule has 1 aromatic heterocycles. The summed E-state index contributed by atoms with van der Waals surface area (Å²) < 4.78 is 0. The van der Waals surface area contributed by atoms with E-state index in [0.29, 0.717) is 23.8 Å². The molecule has 0 saturated carbocycles. The molecule has 4 nitrogen and oxygen atoms in total. The molecule has 1 amide bonds. The number of hydrogen-bond acceptors (Lipinski definition) is 3. The molecule has 2 heterocycles. The minimum atomic E-state index is 0.0715. The number of aromatic nitrogens is 1. The van der Waals surface area contributed by atoms with Crippen LogP contribution in [0.5, 0.6) is 0 Å². The number of carbonyl (C=O) groups is 1. The Labute approximate surface area is 147 Å². The van der Waals surface area contributed by atoms with Gasteiger partial charge in [0.2, 0.25) is 0 Å². The quantitative estimate of drug-likeness (QED) is 0.885. The maximum Gasteiger partial charge on any atom is 0.257 e. The van der Waals surface area contributed by atoms with Crippen molar-refractivity contribution >= 4 is 23.3 Å². The number of nitrogens with zero attached hydrogens (tertiary/aromatic N) is 2. The van der Waals surface area contributed by atoms with Gasteiger partial charge in [0.1, 0.15) is 5.82 Å². The predicted octanol–water partition coefficient (Wildman–Crippen LogP) is 4.19. The van der Waals surface area contributed by atoms with Crippen LogP contribution in [0.2, 0.25) is 5.02 Å². The van der Waals surface area contributed by atoms with Crippen molar-refractivity contribution < 1.29 is 4.79 Å². The molecule has 5 heteroatoms. The van der Waals surface area contributed by atoms with Crippen LogP contribution in [-0.4, -0.2) is 35.4 Å². The molecule has 1 unspecified atom stereocenters. The Bertz CT molecular complexity index is 696. The second-order valence-corrected chi connectivity index (χ2v) is 6.67. The van der Waals surface area contributed by atoms with Crippen LogP contribution >= 0.6 is 11.6 Å². The number of amides is 1. The number of carbonyl (C=O) groups excluding carboxylic acids is 1. The Morgan fingerprint density at radius 2 is 1.96 bits per heavy atom. The Kier molecular flexibility index (Phi) is 5.36. The van der Waals surface area contributed by atoms with Gasteiger partial charge in [-0.1, -0.05) is 30.7 Å². The van der Waals surface area contributed by atoms with E-state index >= 15 is 0 Å². The van der Waals surface area contributed by atoms with Gasteiger partial charge in [0.25, 0.3) is 5.91 Å². The summed E-state index contributed by atoms with van der Waals surface area (Å²) in [5, 5.41) is 4.08. The van der Waals surface area contributed by atoms with Gasteiger partial charge >= 0.3 is 0 Å². The summed E-state index contributed by atoms with van der Waals surface area (Å²) in [6.45, 7) is 4.53. The molecule has 0 bridgehead atoms. The number of halogens is 1. The maximum atomic E-state index is 12.7. The highest BCUT2D eigenvalue weighted by Crippen LogP contribution is 2.21. The topological polar surface area (TPSA) is 45.2 Å². The first kappa shape index (κ1) is 16.8. The molecule has 0 aliphatic carbocycles. The van der Waals surface area contributed by atoms with E-state index in [-0.39, 0.29) is 5.91 Å². The lowest BCUT2D eigenvalue weighted by Gasteiger charge is -2.19. The highest BCUT2D eigenvalue weighted by atomic mass is 35.5. The number of anilines is 1. The molecular weight excluding hydrogens is 322 g/mol. The Hall–Kier alpha value is -2.07. The summed E-state index contributed by atoms with van der Waals surface area (Å²) in [6, 6.07) is 11.5. The van der Waals surface area contributed by atoms with E-state index in [2.05, 4.69) is 17.2 Å². The van der Waals surface area contributed by atoms with Crippen LogP contribution in [0.1, 0.15) is 41.6 Å². The summed E-state index contributed by atoms with van der Waals surface area (Å²) in [5.74, 6) is 1.02. The molecule has 0 spiro atoms. The third kappa shape index (κ3) is 3.88. The van der Waals surface area contributed by atoms with Crippen molar-refractivity contribution in [2.75, 3.05) is 25.0 Å². The first-order chi connectivity index (χ1) is 11.6. The molecule has 3 rings (SSSR count). The first-order valence-electron chi connectivity index (χ1n) is 8.39. The Morgan fingerprint density at radius 3 is 2.67 bits per heavy atom. The zero-order valence-electron chi connectivity index (χ0n) is 13.8. The monoisotopic (exact) mass is 343 g/mol. The number of pyridine rings is 1. The van der Waals surface area contributed by atoms with E-state index in [4.69, 9.17) is 11.6 Å². The molecule has 0 radical (unpaired) electrons. The van der Waals surface area contributed by atoms with Crippen molar-refractivity contribution in [1.82, 2.24) is 9.88 Å². The molecule has 1 aliphatic rings. The Balaban J connectivity index is 1.68. The number of benzene rings is 1. The SMILES string of the molecule is CC(CNc1ncccc1C(=O)N1CCCC1)c1ccc(Cl)cc1. The van der Waals surface area contributed by atoms with Crippen LogP contribution < -0.4 is 5.32 Å². The van der Waals surface area contributed by atoms with E-state index in [1.807, 2.05) is 41.3 Å². The van der Waals surface area contributed by atoms with Crippen molar-refractivity contribution in [1.29, 1.82) is 0 Å². The highest BCUT2D eigenvalue weighted by Gasteiger charge is 2.22. The normalized spacial score (nSPS) is 15.3. The van der Waals surface area contributed by atoms with Gasteiger partial charge < -0.3 is 10.2 Å². The van der Waals surface area contributed by atoms with E-state index < -0.39 is 0 Å². The number of rotatable bonds is 5. The highest BCUT2D eigenvalue weighted by molar-refractivity contribution is 6.30. The van der Waals surface area contributed by atoms with E-state index in [9.17, 15) is 4.79 Å². The summed E-state index contributed by atoms with van der Waals surface area (Å²) in [5.41, 5.74) is 1.86. The third-order valence-electron chi connectivity index (χ3n) is 4.45. The fraction of sp³-hybridized carbons (Fsp3) is 0.368. The Morgan fingerprint density at radius 1 is 1.25 bits per heavy atom. The lowest BCUT2D eigenvalue weighted by atomic mass is 10.0. The molecule has 1 aliphatic heterocycles. The lowest BCUT2D eigenvalue weighted by Crippen LogP contribution is -2.28. The van der Waals surface area contributed by atoms with Crippen LogP contribution in [0, 0.1) is 0 Å². The number of nitrogens with one attached hydrogen (secondary N) is 1. The van der Waals surface area contributed by atoms with Crippen molar-refractivity contribution in [2.45, 2.75) is 25.7 Å². The lowest BCUT2D eigenvalue weighted by molar-refractivity contribution is 0.0793. The maximum absolute atomic E-state index is 12.7. The van der Waals surface area contributed by atoms with Crippen molar-refractivity contribution in [3.8, 4) is 0 Å². The van der Waals surface area contributed by atoms with E-state index in [1.54, 1.807) is 6.20 Å². The van der Waals surface area contributed by atoms with Gasteiger partial charge in [0.15, 0.2) is 0 Å². The number of hydrogen-bond donors (Lipinski definition) is 1. The summed E-state index contributed by atoms with van der Waals surface area (Å²) >= 11 is 5.94. The van der Waals surface area contributed by atoms with Gasteiger partial charge in [-0.3, -0.25) is 4.79 Å². The van der Waals surface area contributed by atoms with Crippen molar-refractivity contribution in [3.63, 3.8) is 0 Å². The van der Waals surface area contributed by atoms with Crippen molar-refractivity contribution in [3.05, 3.63) is 58.7 Å². The summed E-state index contributed by atoms with van der Waals surface area (Å²) in [7, 11) is 0. The molecule has 126 valence electrons. The third-order valence-corrected chi connectivity index (χ3v) is 4.70. The zero-order valence-corrected chi connectivity index (χ0v) is 14.6. The number of likely N-dealkylation sites (tertiary alicyclic amines) is 1. The molecule has 1 N–H and O–H groups in total. The first-order valence-corrected chi connectivity index (χ1v) is 8.76. The molecule has 1 fully saturated rings. The summed E-state index contributed by atoms with van der Waals surface area (Å²) in [6.07, 6.45) is 3.89. The second-order valence-electron chi connectivity index (χ2n) is 6.23. The van der Waals surface area contributed by atoms with E-state index in [0.717, 1.165) is 31.0 Å². The van der Waals surface area contributed by atoms with Crippen LogP contribution in [0.3, 0.4) is 0 Å². The molecular formula is C19H22ClN3O. The fourth-order valence-corrected chi connectivity index (χ4v) is 3.09. The minimum absolute atomic E-state index is 0.0715. The standard InChI is InChI=1S/C19H22ClN3O/c1-14(15-6-8-16(20)9-7-15)13-22-18-17(5-4-10-21-18)19(24)23-11-2-3-12-23/h4-10,14H,2-3,11-13H2,1H3,(H,21,22). The van der Waals surface area contributed by atoms with Crippen LogP contribution in [0.4, 0.5) is 5.82 Å². The molecule has 1 saturated heterocycles. The van der Waals surface area contributed by atoms with Crippen LogP contribution in [0.15, 0.2) is 42.6 Å². The molecule has 1 aromatic carbocycles. The molecule has 24 heavy (non-hydrogen) atoms. The van der Waals surface area contributed by atoms with Gasteiger partial charge in [-0.2, -0.15) is 0 Å². The minimum Gasteiger partial charge on any atom is -0.369 e. The van der Waals surface area contributed by atoms with Crippen LogP contribution in [-0.2, 0) is 0 Å². The zero-order chi connectivity index (χ0) is 16.9. The molecule has 2 aromatic rings. The predicted molar refractivity (Wildman–Crippen MR) is 97.7 cm³/mol. The van der Waals surface area contributed by atoms with E-state index in [1.165, 1.54) is 5.56 Å². The fourth-order valence-electron chi connectivity index (χ4n) is 2.97. The van der Waals surface area contributed by atoms with Gasteiger partial charge in [0.05, 0.1) is 5.56 Å². The van der Waals surface area contributed by atoms with Gasteiger partial charge in [-0.25, -0.2) is 4.98 Å². The van der Waals surface area contributed by atoms with Gasteiger partial charge in [-0.15, -0.1) is 0 Å². The van der Waals surface area contributed by atoms with Crippen molar-refractivity contribution in [2.24, 2.45) is 0 Å². The average Bonchev–Trinajstić information content (AvgIpc) is 3.14. The van der Waals surface area contributed by atoms with Gasteiger partial charge in [0, 0.05) is 30.9 Å². The molecule has 1 atom stereocenters. The largest absolute Gasteiger partial charge is 0.369 e. The smallest absolute Gasteiger partial charge is 0.257 e. The van der Waals surface area contributed by atoms with Gasteiger partial charge in [-0.05, 0) is 48.6 Å². The summed E-state index contributed by atoms with van der Waals surface area (Å²) in [4.78, 5) is 18.9. The second kappa shape index (κ2) is 7.67.